The molecule has 6 nitrogen and oxygen atoms in total. The second-order valence-corrected chi connectivity index (χ2v) is 8.87. The van der Waals surface area contributed by atoms with E-state index in [2.05, 4.69) is 33.1 Å². The number of rotatable bonds is 8. The second kappa shape index (κ2) is 9.52. The number of fused-ring (bicyclic) bond motifs is 1. The number of sulfonamides is 1. The zero-order valence-electron chi connectivity index (χ0n) is 15.5. The van der Waals surface area contributed by atoms with Crippen molar-refractivity contribution in [2.45, 2.75) is 24.3 Å². The zero-order chi connectivity index (χ0) is 20.0. The van der Waals surface area contributed by atoms with Crippen LogP contribution in [0.4, 0.5) is 0 Å². The average Bonchev–Trinajstić information content (AvgIpc) is 2.68. The molecule has 2 aromatic carbocycles. The van der Waals surface area contributed by atoms with Crippen LogP contribution in [0.3, 0.4) is 0 Å². The van der Waals surface area contributed by atoms with Crippen LogP contribution >= 0.6 is 11.6 Å². The minimum absolute atomic E-state index is 0.0162. The Hall–Kier alpha value is -1.93. The van der Waals surface area contributed by atoms with Crippen molar-refractivity contribution in [3.05, 3.63) is 64.7 Å². The molecule has 0 unspecified atom stereocenters. The summed E-state index contributed by atoms with van der Waals surface area (Å²) in [6, 6.07) is 14.6. The first-order chi connectivity index (χ1) is 13.5. The van der Waals surface area contributed by atoms with Gasteiger partial charge < -0.3 is 5.32 Å². The molecule has 2 N–H and O–H groups in total. The third-order valence-corrected chi connectivity index (χ3v) is 6.69. The van der Waals surface area contributed by atoms with Crippen molar-refractivity contribution in [1.29, 1.82) is 0 Å². The van der Waals surface area contributed by atoms with E-state index in [0.29, 0.717) is 6.54 Å². The lowest BCUT2D eigenvalue weighted by Gasteiger charge is -2.28. The van der Waals surface area contributed by atoms with Crippen LogP contribution in [0.1, 0.15) is 17.5 Å². The van der Waals surface area contributed by atoms with Gasteiger partial charge in [0.15, 0.2) is 0 Å². The van der Waals surface area contributed by atoms with Gasteiger partial charge in [0, 0.05) is 39.1 Å². The van der Waals surface area contributed by atoms with Crippen LogP contribution in [0.15, 0.2) is 53.4 Å². The molecule has 1 amide bonds. The Morgan fingerprint density at radius 2 is 1.75 bits per heavy atom. The topological polar surface area (TPSA) is 78.5 Å². The van der Waals surface area contributed by atoms with Gasteiger partial charge >= 0.3 is 0 Å². The molecule has 1 aliphatic heterocycles. The van der Waals surface area contributed by atoms with Crippen LogP contribution in [-0.4, -0.2) is 45.4 Å². The van der Waals surface area contributed by atoms with Crippen molar-refractivity contribution in [1.82, 2.24) is 14.9 Å². The predicted octanol–water partition coefficient (Wildman–Crippen LogP) is 2.18. The highest BCUT2D eigenvalue weighted by Gasteiger charge is 2.18. The highest BCUT2D eigenvalue weighted by molar-refractivity contribution is 7.89. The van der Waals surface area contributed by atoms with Crippen LogP contribution in [0.2, 0.25) is 5.02 Å². The fraction of sp³-hybridized carbons (Fsp3) is 0.350. The molecule has 0 fully saturated rings. The van der Waals surface area contributed by atoms with E-state index in [4.69, 9.17) is 11.6 Å². The number of halogens is 1. The number of hydrogen-bond donors (Lipinski definition) is 2. The highest BCUT2D eigenvalue weighted by Crippen LogP contribution is 2.20. The normalized spacial score (nSPS) is 14.5. The SMILES string of the molecule is O=C(CCNS(=O)(=O)c1ccccc1Cl)NCCN1CCc2ccccc2C1. The number of nitrogens with one attached hydrogen (secondary N) is 2. The first kappa shape index (κ1) is 20.8. The lowest BCUT2D eigenvalue weighted by atomic mass is 10.00. The van der Waals surface area contributed by atoms with E-state index in [1.807, 2.05) is 6.07 Å². The van der Waals surface area contributed by atoms with Crippen molar-refractivity contribution >= 4 is 27.5 Å². The van der Waals surface area contributed by atoms with Crippen LogP contribution in [-0.2, 0) is 27.8 Å². The van der Waals surface area contributed by atoms with Crippen molar-refractivity contribution in [3.63, 3.8) is 0 Å². The maximum atomic E-state index is 12.2. The molecule has 0 saturated carbocycles. The Morgan fingerprint density at radius 3 is 2.54 bits per heavy atom. The highest BCUT2D eigenvalue weighted by atomic mass is 35.5. The van der Waals surface area contributed by atoms with Crippen LogP contribution < -0.4 is 10.0 Å². The number of benzene rings is 2. The summed E-state index contributed by atoms with van der Waals surface area (Å²) in [6.07, 6.45) is 1.10. The fourth-order valence-electron chi connectivity index (χ4n) is 3.23. The number of amides is 1. The van der Waals surface area contributed by atoms with Crippen molar-refractivity contribution in [3.8, 4) is 0 Å². The van der Waals surface area contributed by atoms with Gasteiger partial charge in [0.05, 0.1) is 5.02 Å². The Balaban J connectivity index is 1.37. The molecule has 0 bridgehead atoms. The molecule has 28 heavy (non-hydrogen) atoms. The quantitative estimate of drug-likeness (QED) is 0.684. The standard InChI is InChI=1S/C20H24ClN3O3S/c21-18-7-3-4-8-19(18)28(26,27)23-11-9-20(25)22-12-14-24-13-10-16-5-1-2-6-17(16)15-24/h1-8,23H,9-15H2,(H,22,25). The molecule has 0 aliphatic carbocycles. The summed E-state index contributed by atoms with van der Waals surface area (Å²) in [6.45, 7) is 3.20. The number of hydrogen-bond acceptors (Lipinski definition) is 4. The number of nitrogens with zero attached hydrogens (tertiary/aromatic N) is 1. The molecule has 3 rings (SSSR count). The van der Waals surface area contributed by atoms with E-state index in [1.165, 1.54) is 23.3 Å². The molecule has 8 heteroatoms. The van der Waals surface area contributed by atoms with E-state index in [1.54, 1.807) is 12.1 Å². The molecule has 150 valence electrons. The van der Waals surface area contributed by atoms with Gasteiger partial charge in [-0.25, -0.2) is 13.1 Å². The van der Waals surface area contributed by atoms with Gasteiger partial charge in [-0.05, 0) is 29.7 Å². The molecular weight excluding hydrogens is 398 g/mol. The Morgan fingerprint density at radius 1 is 1.04 bits per heavy atom. The number of carbonyl (C=O) groups is 1. The largest absolute Gasteiger partial charge is 0.355 e. The van der Waals surface area contributed by atoms with Gasteiger partial charge in [0.1, 0.15) is 4.90 Å². The van der Waals surface area contributed by atoms with Crippen LogP contribution in [0.25, 0.3) is 0 Å². The molecule has 0 atom stereocenters. The lowest BCUT2D eigenvalue weighted by Crippen LogP contribution is -2.38. The molecule has 0 radical (unpaired) electrons. The monoisotopic (exact) mass is 421 g/mol. The fourth-order valence-corrected chi connectivity index (χ4v) is 4.78. The van der Waals surface area contributed by atoms with Gasteiger partial charge in [-0.15, -0.1) is 0 Å². The molecule has 0 aromatic heterocycles. The van der Waals surface area contributed by atoms with E-state index < -0.39 is 10.0 Å². The summed E-state index contributed by atoms with van der Waals surface area (Å²) in [7, 11) is -3.72. The van der Waals surface area contributed by atoms with E-state index >= 15 is 0 Å². The van der Waals surface area contributed by atoms with E-state index in [0.717, 1.165) is 26.1 Å². The van der Waals surface area contributed by atoms with Gasteiger partial charge in [0.25, 0.3) is 0 Å². The smallest absolute Gasteiger partial charge is 0.242 e. The van der Waals surface area contributed by atoms with Gasteiger partial charge in [-0.1, -0.05) is 48.0 Å². The van der Waals surface area contributed by atoms with Crippen molar-refractivity contribution in [2.75, 3.05) is 26.2 Å². The molecule has 1 heterocycles. The van der Waals surface area contributed by atoms with Gasteiger partial charge in [-0.2, -0.15) is 0 Å². The molecule has 0 spiro atoms. The first-order valence-electron chi connectivity index (χ1n) is 9.26. The summed E-state index contributed by atoms with van der Waals surface area (Å²) < 4.78 is 26.9. The predicted molar refractivity (Wildman–Crippen MR) is 110 cm³/mol. The van der Waals surface area contributed by atoms with E-state index in [-0.39, 0.29) is 28.8 Å². The van der Waals surface area contributed by atoms with Crippen LogP contribution in [0, 0.1) is 0 Å². The number of carbonyl (C=O) groups excluding carboxylic acids is 1. The second-order valence-electron chi connectivity index (χ2n) is 6.72. The van der Waals surface area contributed by atoms with Gasteiger partial charge in [-0.3, -0.25) is 9.69 Å². The lowest BCUT2D eigenvalue weighted by molar-refractivity contribution is -0.120. The third kappa shape index (κ3) is 5.54. The van der Waals surface area contributed by atoms with Crippen molar-refractivity contribution in [2.24, 2.45) is 0 Å². The molecule has 0 saturated heterocycles. The van der Waals surface area contributed by atoms with Crippen LogP contribution in [0.5, 0.6) is 0 Å². The van der Waals surface area contributed by atoms with E-state index in [9.17, 15) is 13.2 Å². The summed E-state index contributed by atoms with van der Waals surface area (Å²) in [5.74, 6) is -0.181. The summed E-state index contributed by atoms with van der Waals surface area (Å²) >= 11 is 5.92. The minimum atomic E-state index is -3.72. The molecule has 1 aliphatic rings. The summed E-state index contributed by atoms with van der Waals surface area (Å²) in [4.78, 5) is 14.3. The van der Waals surface area contributed by atoms with Gasteiger partial charge in [0.2, 0.25) is 15.9 Å². The third-order valence-electron chi connectivity index (χ3n) is 4.73. The van der Waals surface area contributed by atoms with Crippen molar-refractivity contribution < 1.29 is 13.2 Å². The Labute approximate surface area is 170 Å². The summed E-state index contributed by atoms with van der Waals surface area (Å²) in [5.41, 5.74) is 2.74. The summed E-state index contributed by atoms with van der Waals surface area (Å²) in [5, 5.41) is 3.00. The molecule has 2 aromatic rings. The Bertz CT molecular complexity index is 934. The maximum Gasteiger partial charge on any atom is 0.242 e. The first-order valence-corrected chi connectivity index (χ1v) is 11.1. The minimum Gasteiger partial charge on any atom is -0.355 e. The Kier molecular flexibility index (Phi) is 7.07. The molecular formula is C20H24ClN3O3S. The average molecular weight is 422 g/mol. The zero-order valence-corrected chi connectivity index (χ0v) is 17.1. The maximum absolute atomic E-state index is 12.2.